The van der Waals surface area contributed by atoms with E-state index in [9.17, 15) is 0 Å². The lowest BCUT2D eigenvalue weighted by molar-refractivity contribution is 0.294. The van der Waals surface area contributed by atoms with E-state index in [4.69, 9.17) is 4.43 Å². The van der Waals surface area contributed by atoms with Crippen molar-refractivity contribution in [1.29, 1.82) is 0 Å². The van der Waals surface area contributed by atoms with E-state index in [0.717, 1.165) is 6.61 Å². The summed E-state index contributed by atoms with van der Waals surface area (Å²) in [5, 5.41) is 0. The molecule has 0 aliphatic rings. The minimum atomic E-state index is -1.27. The number of rotatable bonds is 13. The Morgan fingerprint density at radius 2 is 1.11 bits per heavy atom. The number of hydrogen-bond donors (Lipinski definition) is 0. The molecule has 2 heteroatoms. The van der Waals surface area contributed by atoms with Gasteiger partial charge in [0, 0.05) is 6.61 Å². The van der Waals surface area contributed by atoms with Crippen LogP contribution in [0.15, 0.2) is 0 Å². The van der Waals surface area contributed by atoms with E-state index < -0.39 is 8.32 Å². The first-order valence-electron chi connectivity index (χ1n) is 8.26. The standard InChI is InChI=1S/C16H36OSi/c1-5-7-8-9-10-11-12-13-14-15-16-17-18(3,4)6-2/h5-16H2,1-4H3. The van der Waals surface area contributed by atoms with Crippen LogP contribution in [0.2, 0.25) is 19.1 Å². The molecule has 0 bridgehead atoms. The lowest BCUT2D eigenvalue weighted by Crippen LogP contribution is -2.29. The summed E-state index contributed by atoms with van der Waals surface area (Å²) in [5.74, 6) is 0. The molecular weight excluding hydrogens is 236 g/mol. The van der Waals surface area contributed by atoms with Gasteiger partial charge in [0.2, 0.25) is 0 Å². The third-order valence-electron chi connectivity index (χ3n) is 3.84. The molecular formula is C16H36OSi. The van der Waals surface area contributed by atoms with E-state index in [2.05, 4.69) is 26.9 Å². The SMILES string of the molecule is CCCCCCCCCCCCO[Si](C)(C)CC. The van der Waals surface area contributed by atoms with Crippen LogP contribution in [0, 0.1) is 0 Å². The molecule has 0 aliphatic heterocycles. The van der Waals surface area contributed by atoms with E-state index in [1.165, 1.54) is 70.3 Å². The molecule has 0 aromatic carbocycles. The van der Waals surface area contributed by atoms with Crippen molar-refractivity contribution in [1.82, 2.24) is 0 Å². The first-order valence-corrected chi connectivity index (χ1v) is 11.4. The Balaban J connectivity index is 3.08. The van der Waals surface area contributed by atoms with E-state index in [-0.39, 0.29) is 0 Å². The van der Waals surface area contributed by atoms with Crippen molar-refractivity contribution in [2.45, 2.75) is 97.2 Å². The van der Waals surface area contributed by atoms with Crippen LogP contribution in [0.3, 0.4) is 0 Å². The highest BCUT2D eigenvalue weighted by atomic mass is 28.4. The largest absolute Gasteiger partial charge is 0.417 e. The highest BCUT2D eigenvalue weighted by Crippen LogP contribution is 2.13. The first-order chi connectivity index (χ1) is 8.62. The van der Waals surface area contributed by atoms with E-state index in [0.29, 0.717) is 0 Å². The molecule has 0 spiro atoms. The van der Waals surface area contributed by atoms with Crippen LogP contribution in [0.1, 0.15) is 78.1 Å². The first kappa shape index (κ1) is 18.2. The van der Waals surface area contributed by atoms with Crippen LogP contribution in [-0.2, 0) is 4.43 Å². The van der Waals surface area contributed by atoms with Gasteiger partial charge in [-0.1, -0.05) is 71.6 Å². The van der Waals surface area contributed by atoms with Crippen LogP contribution in [0.4, 0.5) is 0 Å². The topological polar surface area (TPSA) is 9.23 Å². The molecule has 0 aromatic heterocycles. The van der Waals surface area contributed by atoms with E-state index in [1.54, 1.807) is 0 Å². The minimum absolute atomic E-state index is 1.00. The summed E-state index contributed by atoms with van der Waals surface area (Å²) in [5.41, 5.74) is 0. The van der Waals surface area contributed by atoms with Crippen LogP contribution >= 0.6 is 0 Å². The molecule has 0 aromatic rings. The normalized spacial score (nSPS) is 12.0. The van der Waals surface area contributed by atoms with Gasteiger partial charge in [0.25, 0.3) is 0 Å². The van der Waals surface area contributed by atoms with Crippen LogP contribution in [-0.4, -0.2) is 14.9 Å². The average Bonchev–Trinajstić information content (AvgIpc) is 2.36. The fraction of sp³-hybridized carbons (Fsp3) is 1.00. The molecule has 0 rings (SSSR count). The van der Waals surface area contributed by atoms with Gasteiger partial charge in [-0.05, 0) is 25.6 Å². The smallest absolute Gasteiger partial charge is 0.186 e. The second-order valence-electron chi connectivity index (χ2n) is 6.14. The van der Waals surface area contributed by atoms with Gasteiger partial charge < -0.3 is 4.43 Å². The molecule has 18 heavy (non-hydrogen) atoms. The van der Waals surface area contributed by atoms with Gasteiger partial charge >= 0.3 is 0 Å². The maximum atomic E-state index is 5.99. The summed E-state index contributed by atoms with van der Waals surface area (Å²) in [4.78, 5) is 0. The van der Waals surface area contributed by atoms with Gasteiger partial charge in [0.05, 0.1) is 0 Å². The van der Waals surface area contributed by atoms with Crippen molar-refractivity contribution in [2.24, 2.45) is 0 Å². The maximum Gasteiger partial charge on any atom is 0.186 e. The molecule has 0 aliphatic carbocycles. The molecule has 110 valence electrons. The highest BCUT2D eigenvalue weighted by Gasteiger charge is 2.18. The summed E-state index contributed by atoms with van der Waals surface area (Å²) in [6.45, 7) is 10.2. The zero-order valence-corrected chi connectivity index (χ0v) is 14.4. The van der Waals surface area contributed by atoms with E-state index in [1.807, 2.05) is 0 Å². The van der Waals surface area contributed by atoms with Crippen LogP contribution in [0.25, 0.3) is 0 Å². The molecule has 0 radical (unpaired) electrons. The second kappa shape index (κ2) is 12.2. The Labute approximate surface area is 117 Å². The number of unbranched alkanes of at least 4 members (excludes halogenated alkanes) is 9. The van der Waals surface area contributed by atoms with Gasteiger partial charge in [-0.2, -0.15) is 0 Å². The van der Waals surface area contributed by atoms with E-state index >= 15 is 0 Å². The van der Waals surface area contributed by atoms with Crippen molar-refractivity contribution >= 4 is 8.32 Å². The van der Waals surface area contributed by atoms with Crippen molar-refractivity contribution < 1.29 is 4.43 Å². The van der Waals surface area contributed by atoms with Gasteiger partial charge in [0.15, 0.2) is 8.32 Å². The van der Waals surface area contributed by atoms with Crippen molar-refractivity contribution in [3.05, 3.63) is 0 Å². The minimum Gasteiger partial charge on any atom is -0.417 e. The van der Waals surface area contributed by atoms with Gasteiger partial charge in [0.1, 0.15) is 0 Å². The van der Waals surface area contributed by atoms with Gasteiger partial charge in [-0.15, -0.1) is 0 Å². The zero-order chi connectivity index (χ0) is 13.7. The average molecular weight is 273 g/mol. The molecule has 0 N–H and O–H groups in total. The molecule has 0 saturated heterocycles. The zero-order valence-electron chi connectivity index (χ0n) is 13.4. The Bertz CT molecular complexity index is 168. The van der Waals surface area contributed by atoms with Crippen molar-refractivity contribution in [2.75, 3.05) is 6.61 Å². The summed E-state index contributed by atoms with van der Waals surface area (Å²) >= 11 is 0. The predicted octanol–water partition coefficient (Wildman–Crippen LogP) is 6.15. The fourth-order valence-electron chi connectivity index (χ4n) is 2.04. The fourth-order valence-corrected chi connectivity index (χ4v) is 2.94. The quantitative estimate of drug-likeness (QED) is 0.289. The maximum absolute atomic E-state index is 5.99. The molecule has 0 unspecified atom stereocenters. The lowest BCUT2D eigenvalue weighted by Gasteiger charge is -2.20. The third-order valence-corrected chi connectivity index (χ3v) is 6.53. The summed E-state index contributed by atoms with van der Waals surface area (Å²) in [6.07, 6.45) is 14.0. The third kappa shape index (κ3) is 12.6. The Kier molecular flexibility index (Phi) is 12.3. The summed E-state index contributed by atoms with van der Waals surface area (Å²) in [7, 11) is -1.27. The Hall–Kier alpha value is 0.177. The van der Waals surface area contributed by atoms with Crippen LogP contribution in [0.5, 0.6) is 0 Å². The molecule has 0 atom stereocenters. The van der Waals surface area contributed by atoms with Crippen molar-refractivity contribution in [3.8, 4) is 0 Å². The van der Waals surface area contributed by atoms with Crippen molar-refractivity contribution in [3.63, 3.8) is 0 Å². The van der Waals surface area contributed by atoms with Gasteiger partial charge in [-0.25, -0.2) is 0 Å². The lowest BCUT2D eigenvalue weighted by atomic mass is 10.1. The van der Waals surface area contributed by atoms with Crippen LogP contribution < -0.4 is 0 Å². The molecule has 0 saturated carbocycles. The molecule has 1 nitrogen and oxygen atoms in total. The van der Waals surface area contributed by atoms with Gasteiger partial charge in [-0.3, -0.25) is 0 Å². The number of hydrogen-bond acceptors (Lipinski definition) is 1. The monoisotopic (exact) mass is 272 g/mol. The molecule has 0 fully saturated rings. The summed E-state index contributed by atoms with van der Waals surface area (Å²) < 4.78 is 5.99. The Morgan fingerprint density at radius 1 is 0.667 bits per heavy atom. The second-order valence-corrected chi connectivity index (χ2v) is 10.7. The summed E-state index contributed by atoms with van der Waals surface area (Å²) in [6, 6.07) is 1.24. The predicted molar refractivity (Wildman–Crippen MR) is 85.8 cm³/mol. The highest BCUT2D eigenvalue weighted by molar-refractivity contribution is 6.71. The Morgan fingerprint density at radius 3 is 1.56 bits per heavy atom. The molecule has 0 amide bonds. The molecule has 0 heterocycles.